The summed E-state index contributed by atoms with van der Waals surface area (Å²) in [5.41, 5.74) is 2.58. The highest BCUT2D eigenvalue weighted by Gasteiger charge is 2.09. The van der Waals surface area contributed by atoms with Gasteiger partial charge in [0.05, 0.1) is 6.42 Å². The zero-order valence-corrected chi connectivity index (χ0v) is 13.8. The molecule has 0 aliphatic carbocycles. The monoisotopic (exact) mass is 337 g/mol. The van der Waals surface area contributed by atoms with E-state index in [0.717, 1.165) is 16.5 Å². The Morgan fingerprint density at radius 3 is 2.76 bits per heavy atom. The van der Waals surface area contributed by atoms with Crippen LogP contribution in [0.25, 0.3) is 10.9 Å². The summed E-state index contributed by atoms with van der Waals surface area (Å²) in [6.07, 6.45) is 2.13. The zero-order valence-electron chi connectivity index (χ0n) is 13.8. The van der Waals surface area contributed by atoms with E-state index >= 15 is 0 Å². The number of likely N-dealkylation sites (N-methyl/N-ethyl adjacent to an activating group) is 1. The molecular weight excluding hydrogens is 318 g/mol. The molecule has 2 amide bonds. The number of H-pyrrole nitrogens is 1. The third-order valence-corrected chi connectivity index (χ3v) is 3.79. The summed E-state index contributed by atoms with van der Waals surface area (Å²) >= 11 is 0. The number of hydrogen-bond donors (Lipinski definition) is 3. The van der Waals surface area contributed by atoms with Crippen LogP contribution in [0.1, 0.15) is 5.56 Å². The van der Waals surface area contributed by atoms with Crippen LogP contribution in [0.5, 0.6) is 5.75 Å². The minimum atomic E-state index is -0.214. The molecule has 0 radical (unpaired) electrons. The number of fused-ring (bicyclic) bond motifs is 1. The number of aromatic amines is 1. The van der Waals surface area contributed by atoms with Gasteiger partial charge in [0.15, 0.2) is 6.61 Å². The summed E-state index contributed by atoms with van der Waals surface area (Å²) in [5.74, 6) is 0.190. The third kappa shape index (κ3) is 4.17. The largest absolute Gasteiger partial charge is 0.484 e. The van der Waals surface area contributed by atoms with Gasteiger partial charge in [-0.1, -0.05) is 24.3 Å². The Morgan fingerprint density at radius 1 is 1.08 bits per heavy atom. The predicted octanol–water partition coefficient (Wildman–Crippen LogP) is 2.47. The molecule has 3 rings (SSSR count). The predicted molar refractivity (Wildman–Crippen MR) is 96.6 cm³/mol. The molecule has 2 aromatic carbocycles. The normalized spacial score (nSPS) is 10.4. The number of amides is 2. The van der Waals surface area contributed by atoms with Crippen LogP contribution >= 0.6 is 0 Å². The van der Waals surface area contributed by atoms with Crippen LogP contribution < -0.4 is 15.4 Å². The number of para-hydroxylation sites is 1. The lowest BCUT2D eigenvalue weighted by atomic mass is 10.1. The maximum atomic E-state index is 12.3. The Bertz CT molecular complexity index is 902. The van der Waals surface area contributed by atoms with Gasteiger partial charge in [0, 0.05) is 35.9 Å². The van der Waals surface area contributed by atoms with Gasteiger partial charge in [-0.05, 0) is 23.8 Å². The molecule has 6 heteroatoms. The topological polar surface area (TPSA) is 83.2 Å². The van der Waals surface area contributed by atoms with E-state index in [1.165, 1.54) is 0 Å². The molecule has 0 spiro atoms. The van der Waals surface area contributed by atoms with Gasteiger partial charge in [0.1, 0.15) is 5.75 Å². The molecule has 6 nitrogen and oxygen atoms in total. The van der Waals surface area contributed by atoms with Crippen molar-refractivity contribution in [3.63, 3.8) is 0 Å². The molecule has 3 aromatic rings. The second-order valence-corrected chi connectivity index (χ2v) is 5.57. The molecule has 0 bridgehead atoms. The van der Waals surface area contributed by atoms with Crippen molar-refractivity contribution < 1.29 is 14.3 Å². The van der Waals surface area contributed by atoms with Crippen LogP contribution in [0.15, 0.2) is 54.7 Å². The van der Waals surface area contributed by atoms with E-state index in [9.17, 15) is 9.59 Å². The van der Waals surface area contributed by atoms with Crippen molar-refractivity contribution >= 4 is 28.4 Å². The summed E-state index contributed by atoms with van der Waals surface area (Å²) in [5, 5.41) is 6.38. The lowest BCUT2D eigenvalue weighted by Gasteiger charge is -2.08. The maximum Gasteiger partial charge on any atom is 0.257 e. The Labute approximate surface area is 145 Å². The zero-order chi connectivity index (χ0) is 17.6. The second-order valence-electron chi connectivity index (χ2n) is 5.57. The number of ether oxygens (including phenoxy) is 1. The van der Waals surface area contributed by atoms with Crippen LogP contribution in [0.2, 0.25) is 0 Å². The minimum Gasteiger partial charge on any atom is -0.484 e. The molecule has 128 valence electrons. The van der Waals surface area contributed by atoms with E-state index in [4.69, 9.17) is 4.74 Å². The van der Waals surface area contributed by atoms with Gasteiger partial charge in [-0.3, -0.25) is 9.59 Å². The molecule has 0 aliphatic rings. The Balaban J connectivity index is 1.64. The number of aromatic nitrogens is 1. The summed E-state index contributed by atoms with van der Waals surface area (Å²) in [6.45, 7) is -0.0662. The molecule has 3 N–H and O–H groups in total. The summed E-state index contributed by atoms with van der Waals surface area (Å²) < 4.78 is 5.38. The van der Waals surface area contributed by atoms with E-state index in [0.29, 0.717) is 11.4 Å². The molecule has 0 saturated carbocycles. The van der Waals surface area contributed by atoms with Crippen molar-refractivity contribution in [3.8, 4) is 5.75 Å². The van der Waals surface area contributed by atoms with Crippen molar-refractivity contribution in [2.75, 3.05) is 19.0 Å². The fourth-order valence-corrected chi connectivity index (χ4v) is 2.54. The van der Waals surface area contributed by atoms with Gasteiger partial charge in [0.2, 0.25) is 5.91 Å². The Hall–Kier alpha value is -3.28. The summed E-state index contributed by atoms with van der Waals surface area (Å²) in [7, 11) is 1.55. The first-order valence-electron chi connectivity index (χ1n) is 7.94. The lowest BCUT2D eigenvalue weighted by molar-refractivity contribution is -0.122. The fourth-order valence-electron chi connectivity index (χ4n) is 2.54. The summed E-state index contributed by atoms with van der Waals surface area (Å²) in [6, 6.07) is 14.8. The molecule has 0 unspecified atom stereocenters. The van der Waals surface area contributed by atoms with Gasteiger partial charge < -0.3 is 20.4 Å². The average Bonchev–Trinajstić information content (AvgIpc) is 3.03. The maximum absolute atomic E-state index is 12.3. The highest BCUT2D eigenvalue weighted by Crippen LogP contribution is 2.20. The molecule has 25 heavy (non-hydrogen) atoms. The third-order valence-electron chi connectivity index (χ3n) is 3.79. The van der Waals surface area contributed by atoms with E-state index in [2.05, 4.69) is 15.6 Å². The number of hydrogen-bond acceptors (Lipinski definition) is 3. The number of carbonyl (C=O) groups is 2. The van der Waals surface area contributed by atoms with Crippen LogP contribution in [-0.4, -0.2) is 30.5 Å². The second kappa shape index (κ2) is 7.53. The van der Waals surface area contributed by atoms with Gasteiger partial charge in [-0.2, -0.15) is 0 Å². The first-order valence-corrected chi connectivity index (χ1v) is 7.94. The number of carbonyl (C=O) groups excluding carboxylic acids is 2. The molecule has 0 aliphatic heterocycles. The van der Waals surface area contributed by atoms with Crippen molar-refractivity contribution in [2.24, 2.45) is 0 Å². The van der Waals surface area contributed by atoms with E-state index in [-0.39, 0.29) is 24.8 Å². The van der Waals surface area contributed by atoms with Gasteiger partial charge in [0.25, 0.3) is 5.91 Å². The number of rotatable bonds is 6. The van der Waals surface area contributed by atoms with Gasteiger partial charge >= 0.3 is 0 Å². The van der Waals surface area contributed by atoms with Crippen molar-refractivity contribution in [3.05, 3.63) is 60.3 Å². The van der Waals surface area contributed by atoms with Crippen molar-refractivity contribution in [1.29, 1.82) is 0 Å². The Morgan fingerprint density at radius 2 is 1.92 bits per heavy atom. The lowest BCUT2D eigenvalue weighted by Crippen LogP contribution is -2.24. The number of anilines is 1. The first-order chi connectivity index (χ1) is 12.2. The molecule has 1 aromatic heterocycles. The summed E-state index contributed by atoms with van der Waals surface area (Å²) in [4.78, 5) is 26.7. The highest BCUT2D eigenvalue weighted by molar-refractivity contribution is 5.95. The molecule has 1 heterocycles. The first kappa shape index (κ1) is 16.6. The minimum absolute atomic E-state index is 0.0662. The smallest absolute Gasteiger partial charge is 0.257 e. The quantitative estimate of drug-likeness (QED) is 0.646. The highest BCUT2D eigenvalue weighted by atomic mass is 16.5. The van der Waals surface area contributed by atoms with E-state index in [1.807, 2.05) is 30.5 Å². The average molecular weight is 337 g/mol. The van der Waals surface area contributed by atoms with Crippen LogP contribution in [-0.2, 0) is 16.0 Å². The van der Waals surface area contributed by atoms with Crippen molar-refractivity contribution in [1.82, 2.24) is 10.3 Å². The van der Waals surface area contributed by atoms with E-state index < -0.39 is 0 Å². The fraction of sp³-hybridized carbons (Fsp3) is 0.158. The van der Waals surface area contributed by atoms with Gasteiger partial charge in [-0.25, -0.2) is 0 Å². The van der Waals surface area contributed by atoms with E-state index in [1.54, 1.807) is 31.3 Å². The standard InChI is InChI=1S/C19H19N3O3/c1-20-19(24)12-25-15-6-4-5-14(10-15)22-18(23)9-13-11-21-17-8-3-2-7-16(13)17/h2-8,10-11,21H,9,12H2,1H3,(H,20,24)(H,22,23). The van der Waals surface area contributed by atoms with Crippen molar-refractivity contribution in [2.45, 2.75) is 6.42 Å². The SMILES string of the molecule is CNC(=O)COc1cccc(NC(=O)Cc2c[nH]c3ccccc23)c1. The molecule has 0 fully saturated rings. The number of benzene rings is 2. The molecular formula is C19H19N3O3. The van der Waals surface area contributed by atoms with Crippen LogP contribution in [0.3, 0.4) is 0 Å². The van der Waals surface area contributed by atoms with Gasteiger partial charge in [-0.15, -0.1) is 0 Å². The van der Waals surface area contributed by atoms with Crippen LogP contribution in [0, 0.1) is 0 Å². The molecule has 0 saturated heterocycles. The molecule has 0 atom stereocenters. The Kier molecular flexibility index (Phi) is 4.99. The van der Waals surface area contributed by atoms with Crippen LogP contribution in [0.4, 0.5) is 5.69 Å². The number of nitrogens with one attached hydrogen (secondary N) is 3.